The number of ether oxygens (including phenoxy) is 1. The second kappa shape index (κ2) is 7.17. The second-order valence-corrected chi connectivity index (χ2v) is 7.09. The zero-order valence-corrected chi connectivity index (χ0v) is 14.0. The molecule has 6 nitrogen and oxygen atoms in total. The summed E-state index contributed by atoms with van der Waals surface area (Å²) in [7, 11) is 0. The number of rotatable bonds is 4. The Morgan fingerprint density at radius 1 is 1.25 bits per heavy atom. The Hall–Kier alpha value is -1.50. The van der Waals surface area contributed by atoms with Crippen LogP contribution in [0.3, 0.4) is 0 Å². The molecule has 0 spiro atoms. The highest BCUT2D eigenvalue weighted by molar-refractivity contribution is 5.75. The van der Waals surface area contributed by atoms with Gasteiger partial charge in [-0.05, 0) is 36.5 Å². The molecule has 0 N–H and O–H groups in total. The molecule has 3 saturated heterocycles. The number of aromatic nitrogens is 1. The predicted molar refractivity (Wildman–Crippen MR) is 87.8 cm³/mol. The largest absolute Gasteiger partial charge is 0.376 e. The highest BCUT2D eigenvalue weighted by atomic mass is 16.7. The first kappa shape index (κ1) is 16.0. The third kappa shape index (κ3) is 3.45. The number of hydrogen-bond acceptors (Lipinski definition) is 5. The Kier molecular flexibility index (Phi) is 4.78. The van der Waals surface area contributed by atoms with Crippen LogP contribution in [0.15, 0.2) is 24.5 Å². The lowest BCUT2D eigenvalue weighted by Gasteiger charge is -2.27. The van der Waals surface area contributed by atoms with Crippen LogP contribution in [0.1, 0.15) is 24.8 Å². The fourth-order valence-corrected chi connectivity index (χ4v) is 4.09. The average Bonchev–Trinajstić information content (AvgIpc) is 3.18. The van der Waals surface area contributed by atoms with E-state index in [0.717, 1.165) is 39.0 Å². The Labute approximate surface area is 142 Å². The van der Waals surface area contributed by atoms with Crippen LogP contribution in [0.25, 0.3) is 0 Å². The molecule has 3 aliphatic rings. The van der Waals surface area contributed by atoms with E-state index in [2.05, 4.69) is 22.0 Å². The van der Waals surface area contributed by atoms with Gasteiger partial charge in [-0.2, -0.15) is 0 Å². The van der Waals surface area contributed by atoms with Crippen molar-refractivity contribution >= 4 is 5.91 Å². The summed E-state index contributed by atoms with van der Waals surface area (Å²) in [4.78, 5) is 24.4. The van der Waals surface area contributed by atoms with Crippen LogP contribution < -0.4 is 0 Å². The molecule has 130 valence electrons. The molecule has 0 radical (unpaired) electrons. The Morgan fingerprint density at radius 3 is 2.92 bits per heavy atom. The van der Waals surface area contributed by atoms with Gasteiger partial charge in [0.15, 0.2) is 0 Å². The molecule has 6 heteroatoms. The van der Waals surface area contributed by atoms with E-state index >= 15 is 0 Å². The van der Waals surface area contributed by atoms with Gasteiger partial charge >= 0.3 is 0 Å². The van der Waals surface area contributed by atoms with Gasteiger partial charge < -0.3 is 4.74 Å². The highest BCUT2D eigenvalue weighted by Crippen LogP contribution is 2.36. The van der Waals surface area contributed by atoms with Crippen LogP contribution in [0.2, 0.25) is 0 Å². The minimum Gasteiger partial charge on any atom is -0.376 e. The van der Waals surface area contributed by atoms with Crippen LogP contribution in [-0.2, 0) is 20.9 Å². The molecule has 0 aliphatic carbocycles. The predicted octanol–water partition coefficient (Wildman–Crippen LogP) is 1.47. The van der Waals surface area contributed by atoms with Crippen molar-refractivity contribution in [3.05, 3.63) is 30.1 Å². The summed E-state index contributed by atoms with van der Waals surface area (Å²) >= 11 is 0. The van der Waals surface area contributed by atoms with Gasteiger partial charge in [-0.1, -0.05) is 0 Å². The van der Waals surface area contributed by atoms with Crippen LogP contribution in [0.5, 0.6) is 0 Å². The maximum Gasteiger partial charge on any atom is 0.246 e. The van der Waals surface area contributed by atoms with Crippen molar-refractivity contribution in [2.75, 3.05) is 32.8 Å². The average molecular weight is 331 g/mol. The van der Waals surface area contributed by atoms with E-state index in [4.69, 9.17) is 9.57 Å². The number of hydroxylamine groups is 2. The zero-order valence-electron chi connectivity index (χ0n) is 14.0. The zero-order chi connectivity index (χ0) is 16.4. The van der Waals surface area contributed by atoms with Crippen molar-refractivity contribution in [2.24, 2.45) is 11.8 Å². The molecule has 3 fully saturated rings. The summed E-state index contributed by atoms with van der Waals surface area (Å²) in [5.74, 6) is 0.896. The lowest BCUT2D eigenvalue weighted by atomic mass is 9.90. The molecule has 1 aromatic rings. The van der Waals surface area contributed by atoms with Crippen molar-refractivity contribution in [3.8, 4) is 0 Å². The van der Waals surface area contributed by atoms with Crippen LogP contribution >= 0.6 is 0 Å². The lowest BCUT2D eigenvalue weighted by Crippen LogP contribution is -2.37. The Balaban J connectivity index is 1.32. The van der Waals surface area contributed by atoms with E-state index in [0.29, 0.717) is 31.5 Å². The standard InChI is InChI=1S/C18H25N3O3/c22-18(21-7-1-2-8-24-21)9-15-13-23-17-12-20(11-16(15)17)10-14-3-5-19-6-4-14/h3-6,15-17H,1-2,7-13H2/t15-,16+,17+/m1/s1. The molecular weight excluding hydrogens is 306 g/mol. The molecule has 1 amide bonds. The number of carbonyl (C=O) groups is 1. The van der Waals surface area contributed by atoms with E-state index in [1.807, 2.05) is 12.4 Å². The minimum atomic E-state index is 0.122. The number of likely N-dealkylation sites (tertiary alicyclic amines) is 1. The summed E-state index contributed by atoms with van der Waals surface area (Å²) in [6.45, 7) is 4.99. The molecule has 0 unspecified atom stereocenters. The maximum absolute atomic E-state index is 12.4. The SMILES string of the molecule is O=C(C[C@@H]1CO[C@H]2CN(Cc3ccncc3)C[C@@H]12)N1CCCCO1. The van der Waals surface area contributed by atoms with Gasteiger partial charge in [0.25, 0.3) is 0 Å². The Bertz CT molecular complexity index is 562. The smallest absolute Gasteiger partial charge is 0.246 e. The van der Waals surface area contributed by atoms with Gasteiger partial charge in [0.2, 0.25) is 5.91 Å². The van der Waals surface area contributed by atoms with Crippen LogP contribution in [0, 0.1) is 11.8 Å². The summed E-state index contributed by atoms with van der Waals surface area (Å²) in [5, 5.41) is 1.57. The van der Waals surface area contributed by atoms with Gasteiger partial charge in [-0.25, -0.2) is 5.06 Å². The monoisotopic (exact) mass is 331 g/mol. The first-order chi connectivity index (χ1) is 11.8. The minimum absolute atomic E-state index is 0.122. The third-order valence-corrected chi connectivity index (χ3v) is 5.39. The van der Waals surface area contributed by atoms with Crippen molar-refractivity contribution in [3.63, 3.8) is 0 Å². The molecule has 0 saturated carbocycles. The number of nitrogens with zero attached hydrogens (tertiary/aromatic N) is 3. The number of pyridine rings is 1. The van der Waals surface area contributed by atoms with Crippen molar-refractivity contribution < 1.29 is 14.4 Å². The molecule has 0 bridgehead atoms. The number of fused-ring (bicyclic) bond motifs is 1. The van der Waals surface area contributed by atoms with Crippen LogP contribution in [-0.4, -0.2) is 59.8 Å². The molecule has 24 heavy (non-hydrogen) atoms. The van der Waals surface area contributed by atoms with E-state index in [9.17, 15) is 4.79 Å². The first-order valence-corrected chi connectivity index (χ1v) is 8.96. The summed E-state index contributed by atoms with van der Waals surface area (Å²) in [5.41, 5.74) is 1.28. The molecular formula is C18H25N3O3. The molecule has 0 aromatic carbocycles. The van der Waals surface area contributed by atoms with Gasteiger partial charge in [-0.15, -0.1) is 0 Å². The molecule has 3 aliphatic heterocycles. The van der Waals surface area contributed by atoms with Gasteiger partial charge in [0.1, 0.15) is 0 Å². The third-order valence-electron chi connectivity index (χ3n) is 5.39. The van der Waals surface area contributed by atoms with Crippen LogP contribution in [0.4, 0.5) is 0 Å². The fraction of sp³-hybridized carbons (Fsp3) is 0.667. The van der Waals surface area contributed by atoms with Crippen molar-refractivity contribution in [1.29, 1.82) is 0 Å². The van der Waals surface area contributed by atoms with E-state index in [1.165, 1.54) is 5.56 Å². The maximum atomic E-state index is 12.4. The van der Waals surface area contributed by atoms with Gasteiger partial charge in [-0.3, -0.25) is 19.5 Å². The van der Waals surface area contributed by atoms with E-state index in [-0.39, 0.29) is 12.0 Å². The lowest BCUT2D eigenvalue weighted by molar-refractivity contribution is -0.198. The normalized spacial score (nSPS) is 30.5. The quantitative estimate of drug-likeness (QED) is 0.836. The number of carbonyl (C=O) groups excluding carboxylic acids is 1. The number of amides is 1. The van der Waals surface area contributed by atoms with E-state index < -0.39 is 0 Å². The Morgan fingerprint density at radius 2 is 2.12 bits per heavy atom. The topological polar surface area (TPSA) is 54.9 Å². The van der Waals surface area contributed by atoms with Crippen molar-refractivity contribution in [1.82, 2.24) is 14.9 Å². The molecule has 4 rings (SSSR count). The van der Waals surface area contributed by atoms with E-state index in [1.54, 1.807) is 5.06 Å². The number of hydrogen-bond donors (Lipinski definition) is 0. The highest BCUT2D eigenvalue weighted by Gasteiger charge is 2.44. The first-order valence-electron chi connectivity index (χ1n) is 8.96. The second-order valence-electron chi connectivity index (χ2n) is 7.09. The molecule has 3 atom stereocenters. The van der Waals surface area contributed by atoms with Gasteiger partial charge in [0.05, 0.1) is 19.3 Å². The fourth-order valence-electron chi connectivity index (χ4n) is 4.09. The summed E-state index contributed by atoms with van der Waals surface area (Å²) < 4.78 is 5.98. The molecule has 1 aromatic heterocycles. The van der Waals surface area contributed by atoms with Gasteiger partial charge in [0, 0.05) is 50.9 Å². The van der Waals surface area contributed by atoms with Crippen molar-refractivity contribution in [2.45, 2.75) is 31.9 Å². The summed E-state index contributed by atoms with van der Waals surface area (Å²) in [6, 6.07) is 4.12. The summed E-state index contributed by atoms with van der Waals surface area (Å²) in [6.07, 6.45) is 6.58. The molecule has 4 heterocycles.